The highest BCUT2D eigenvalue weighted by Gasteiger charge is 1.81. The molecule has 0 bridgehead atoms. The van der Waals surface area contributed by atoms with E-state index in [1.807, 2.05) is 0 Å². The molecule has 4 radical (unpaired) electrons. The van der Waals surface area contributed by atoms with Gasteiger partial charge in [0.05, 0.1) is 7.85 Å². The zero-order valence-corrected chi connectivity index (χ0v) is 2.89. The predicted octanol–water partition coefficient (Wildman–Crippen LogP) is -0.940. The van der Waals surface area contributed by atoms with Crippen molar-refractivity contribution >= 4 is 15.7 Å². The van der Waals surface area contributed by atoms with Crippen molar-refractivity contribution in [2.45, 2.75) is 12.3 Å². The van der Waals surface area contributed by atoms with Gasteiger partial charge in [0.15, 0.2) is 0 Å². The van der Waals surface area contributed by atoms with E-state index in [1.165, 1.54) is 0 Å². The minimum atomic E-state index is -0.838. The number of rotatable bonds is 1. The molecule has 0 aromatic heterocycles. The minimum absolute atomic E-state index is 0.139. The SMILES string of the molecule is [B]C[C@@H]([B])O. The van der Waals surface area contributed by atoms with Gasteiger partial charge in [-0.25, -0.2) is 0 Å². The number of hydrogen-bond acceptors (Lipinski definition) is 1. The van der Waals surface area contributed by atoms with E-state index in [0.717, 1.165) is 0 Å². The lowest BCUT2D eigenvalue weighted by Crippen LogP contribution is -2.01. The predicted molar refractivity (Wildman–Crippen MR) is 22.3 cm³/mol. The smallest absolute Gasteiger partial charge is 0.107 e. The second kappa shape index (κ2) is 2.33. The van der Waals surface area contributed by atoms with Crippen LogP contribution in [-0.2, 0) is 0 Å². The normalized spacial score (nSPS) is 14.6. The lowest BCUT2D eigenvalue weighted by molar-refractivity contribution is 0.276. The van der Waals surface area contributed by atoms with Crippen molar-refractivity contribution in [1.29, 1.82) is 0 Å². The Hall–Kier alpha value is 0.0899. The maximum atomic E-state index is 8.01. The second-order valence-electron chi connectivity index (χ2n) is 0.803. The lowest BCUT2D eigenvalue weighted by atomic mass is 9.87. The fraction of sp³-hybridized carbons (Fsp3) is 1.00. The molecule has 0 unspecified atom stereocenters. The van der Waals surface area contributed by atoms with Crippen LogP contribution >= 0.6 is 0 Å². The average molecular weight is 65.7 g/mol. The molecule has 0 saturated heterocycles. The van der Waals surface area contributed by atoms with Crippen molar-refractivity contribution in [3.8, 4) is 0 Å². The molecule has 0 amide bonds. The molecule has 1 atom stereocenters. The van der Waals surface area contributed by atoms with Crippen LogP contribution in [0.3, 0.4) is 0 Å². The Morgan fingerprint density at radius 3 is 2.00 bits per heavy atom. The van der Waals surface area contributed by atoms with Crippen LogP contribution in [0.25, 0.3) is 0 Å². The summed E-state index contributed by atoms with van der Waals surface area (Å²) in [5.74, 6) is 0. The standard InChI is InChI=1S/C2H4B2O/c3-1-2(4)5/h2,5H,1H2/t2-/m0/s1. The summed E-state index contributed by atoms with van der Waals surface area (Å²) in [7, 11) is 9.52. The maximum absolute atomic E-state index is 8.01. The highest BCUT2D eigenvalue weighted by Crippen LogP contribution is 1.73. The summed E-state index contributed by atoms with van der Waals surface area (Å²) in [6, 6.07) is -0.838. The topological polar surface area (TPSA) is 20.2 Å². The van der Waals surface area contributed by atoms with Crippen LogP contribution in [0.2, 0.25) is 6.32 Å². The summed E-state index contributed by atoms with van der Waals surface area (Å²) in [4.78, 5) is 0. The van der Waals surface area contributed by atoms with Gasteiger partial charge in [-0.1, -0.05) is 6.32 Å². The van der Waals surface area contributed by atoms with Gasteiger partial charge >= 0.3 is 0 Å². The van der Waals surface area contributed by atoms with Gasteiger partial charge in [-0.2, -0.15) is 0 Å². The number of aliphatic hydroxyl groups excluding tert-OH is 1. The van der Waals surface area contributed by atoms with Gasteiger partial charge in [-0.3, -0.25) is 0 Å². The van der Waals surface area contributed by atoms with Crippen molar-refractivity contribution < 1.29 is 5.11 Å². The lowest BCUT2D eigenvalue weighted by Gasteiger charge is -1.91. The molecule has 0 fully saturated rings. The molecule has 1 nitrogen and oxygen atoms in total. The Morgan fingerprint density at radius 2 is 2.00 bits per heavy atom. The molecular weight excluding hydrogens is 61.6 g/mol. The van der Waals surface area contributed by atoms with E-state index in [4.69, 9.17) is 20.8 Å². The van der Waals surface area contributed by atoms with Crippen molar-refractivity contribution in [2.24, 2.45) is 0 Å². The average Bonchev–Trinajstić information content (AvgIpc) is 1.38. The molecule has 0 heterocycles. The van der Waals surface area contributed by atoms with Crippen molar-refractivity contribution in [3.05, 3.63) is 0 Å². The first-order valence-electron chi connectivity index (χ1n) is 1.41. The van der Waals surface area contributed by atoms with E-state index < -0.39 is 6.00 Å². The fourth-order valence-corrected chi connectivity index (χ4v) is 0. The van der Waals surface area contributed by atoms with Crippen LogP contribution in [0, 0.1) is 0 Å². The van der Waals surface area contributed by atoms with Crippen molar-refractivity contribution in [1.82, 2.24) is 0 Å². The molecule has 0 aliphatic carbocycles. The molecule has 0 aromatic carbocycles. The molecule has 0 aromatic rings. The highest BCUT2D eigenvalue weighted by atomic mass is 16.3. The Bertz CT molecular complexity index is 21.6. The van der Waals surface area contributed by atoms with Gasteiger partial charge < -0.3 is 5.11 Å². The maximum Gasteiger partial charge on any atom is 0.107 e. The first-order chi connectivity index (χ1) is 2.27. The summed E-state index contributed by atoms with van der Waals surface area (Å²) in [6.07, 6.45) is 0.139. The molecular formula is C2H4B2O. The van der Waals surface area contributed by atoms with Crippen LogP contribution in [-0.4, -0.2) is 26.8 Å². The third kappa shape index (κ3) is 4.09. The van der Waals surface area contributed by atoms with E-state index >= 15 is 0 Å². The van der Waals surface area contributed by atoms with Gasteiger partial charge in [-0.15, -0.1) is 0 Å². The van der Waals surface area contributed by atoms with Gasteiger partial charge in [-0.05, 0) is 0 Å². The van der Waals surface area contributed by atoms with Gasteiger partial charge in [0.2, 0.25) is 0 Å². The zero-order chi connectivity index (χ0) is 4.28. The molecule has 0 aliphatic heterocycles. The molecule has 1 N–H and O–H groups in total. The number of hydrogen-bond donors (Lipinski definition) is 1. The Balaban J connectivity index is 2.54. The fourth-order valence-electron chi connectivity index (χ4n) is 0. The van der Waals surface area contributed by atoms with Crippen LogP contribution in [0.5, 0.6) is 0 Å². The highest BCUT2D eigenvalue weighted by molar-refractivity contribution is 6.18. The summed E-state index contributed by atoms with van der Waals surface area (Å²) >= 11 is 0. The third-order valence-corrected chi connectivity index (χ3v) is 0.241. The summed E-state index contributed by atoms with van der Waals surface area (Å²) in [5.41, 5.74) is 0. The van der Waals surface area contributed by atoms with Gasteiger partial charge in [0.1, 0.15) is 7.85 Å². The molecule has 0 rings (SSSR count). The summed E-state index contributed by atoms with van der Waals surface area (Å²) in [6.45, 7) is 0. The Kier molecular flexibility index (Phi) is 2.38. The molecule has 0 aliphatic rings. The Morgan fingerprint density at radius 1 is 1.80 bits per heavy atom. The number of aliphatic hydroxyl groups is 1. The van der Waals surface area contributed by atoms with Gasteiger partial charge in [0, 0.05) is 6.00 Å². The van der Waals surface area contributed by atoms with Gasteiger partial charge in [0.25, 0.3) is 0 Å². The van der Waals surface area contributed by atoms with Crippen LogP contribution in [0.1, 0.15) is 0 Å². The largest absolute Gasteiger partial charge is 0.404 e. The first-order valence-corrected chi connectivity index (χ1v) is 1.41. The second-order valence-corrected chi connectivity index (χ2v) is 0.803. The van der Waals surface area contributed by atoms with E-state index in [2.05, 4.69) is 0 Å². The van der Waals surface area contributed by atoms with Crippen LogP contribution in [0.15, 0.2) is 0 Å². The molecule has 0 saturated carbocycles. The monoisotopic (exact) mass is 66.0 g/mol. The van der Waals surface area contributed by atoms with Crippen molar-refractivity contribution in [3.63, 3.8) is 0 Å². The molecule has 0 spiro atoms. The van der Waals surface area contributed by atoms with E-state index in [0.29, 0.717) is 0 Å². The third-order valence-electron chi connectivity index (χ3n) is 0.241. The zero-order valence-electron chi connectivity index (χ0n) is 2.89. The molecule has 5 heavy (non-hydrogen) atoms. The molecule has 3 heteroatoms. The quantitative estimate of drug-likeness (QED) is 0.391. The summed E-state index contributed by atoms with van der Waals surface area (Å²) in [5, 5.41) is 8.01. The van der Waals surface area contributed by atoms with E-state index in [-0.39, 0.29) is 6.32 Å². The van der Waals surface area contributed by atoms with Crippen LogP contribution < -0.4 is 0 Å². The summed E-state index contributed by atoms with van der Waals surface area (Å²) < 4.78 is 0. The van der Waals surface area contributed by atoms with Crippen molar-refractivity contribution in [2.75, 3.05) is 0 Å². The van der Waals surface area contributed by atoms with E-state index in [1.54, 1.807) is 0 Å². The van der Waals surface area contributed by atoms with Crippen LogP contribution in [0.4, 0.5) is 0 Å². The Labute approximate surface area is 34.2 Å². The first kappa shape index (κ1) is 5.09. The molecule has 24 valence electrons. The van der Waals surface area contributed by atoms with E-state index in [9.17, 15) is 0 Å². The minimum Gasteiger partial charge on any atom is -0.404 e.